The lowest BCUT2D eigenvalue weighted by molar-refractivity contribution is 0.0993. The molecule has 0 atom stereocenters. The Morgan fingerprint density at radius 1 is 1.35 bits per heavy atom. The van der Waals surface area contributed by atoms with Crippen LogP contribution >= 0.6 is 27.3 Å². The van der Waals surface area contributed by atoms with Gasteiger partial charge in [0.25, 0.3) is 10.0 Å². The van der Waals surface area contributed by atoms with E-state index in [4.69, 9.17) is 0 Å². The number of ketones is 1. The number of Topliss-reactive ketones (excluding diaryl/α,β-unsaturated/α-hetero) is 1. The van der Waals surface area contributed by atoms with Crippen LogP contribution in [0, 0.1) is 0 Å². The van der Waals surface area contributed by atoms with Gasteiger partial charge in [0.2, 0.25) is 0 Å². The molecule has 0 spiro atoms. The van der Waals surface area contributed by atoms with Crippen molar-refractivity contribution < 1.29 is 13.2 Å². The van der Waals surface area contributed by atoms with E-state index in [9.17, 15) is 13.2 Å². The lowest BCUT2D eigenvalue weighted by Gasteiger charge is -2.08. The fourth-order valence-corrected chi connectivity index (χ4v) is 4.20. The van der Waals surface area contributed by atoms with E-state index in [1.165, 1.54) is 23.5 Å². The number of hydrogen-bond donors (Lipinski definition) is 1. The highest BCUT2D eigenvalue weighted by Gasteiger charge is 2.19. The Hall–Kier alpha value is -1.18. The minimum absolute atomic E-state index is 0.0769. The van der Waals surface area contributed by atoms with E-state index in [2.05, 4.69) is 20.7 Å². The second-order valence-corrected chi connectivity index (χ2v) is 7.52. The van der Waals surface area contributed by atoms with Crippen molar-refractivity contribution in [2.75, 3.05) is 4.72 Å². The van der Waals surface area contributed by atoms with E-state index in [1.54, 1.807) is 30.5 Å². The number of halogens is 1. The molecule has 7 heteroatoms. The molecular formula is C13H12BrNO3S2. The number of rotatable bonds is 5. The normalized spacial score (nSPS) is 11.3. The van der Waals surface area contributed by atoms with Crippen molar-refractivity contribution in [2.24, 2.45) is 0 Å². The van der Waals surface area contributed by atoms with Crippen LogP contribution in [-0.4, -0.2) is 14.2 Å². The van der Waals surface area contributed by atoms with Gasteiger partial charge in [-0.25, -0.2) is 8.42 Å². The van der Waals surface area contributed by atoms with Crippen LogP contribution in [0.25, 0.3) is 0 Å². The Morgan fingerprint density at radius 3 is 2.75 bits per heavy atom. The molecule has 1 heterocycles. The van der Waals surface area contributed by atoms with Crippen LogP contribution < -0.4 is 4.72 Å². The first-order valence-corrected chi connectivity index (χ1v) is 8.98. The quantitative estimate of drug-likeness (QED) is 0.808. The lowest BCUT2D eigenvalue weighted by Crippen LogP contribution is -2.14. The van der Waals surface area contributed by atoms with E-state index < -0.39 is 10.0 Å². The Bertz CT molecular complexity index is 738. The number of nitrogens with one attached hydrogen (secondary N) is 1. The number of hydrogen-bond acceptors (Lipinski definition) is 4. The van der Waals surface area contributed by atoms with Gasteiger partial charge in [-0.15, -0.1) is 11.3 Å². The van der Waals surface area contributed by atoms with Crippen molar-refractivity contribution >= 4 is 48.8 Å². The molecular weight excluding hydrogens is 362 g/mol. The summed E-state index contributed by atoms with van der Waals surface area (Å²) in [5.41, 5.74) is 0.335. The van der Waals surface area contributed by atoms with Crippen LogP contribution in [0.2, 0.25) is 0 Å². The van der Waals surface area contributed by atoms with E-state index in [0.717, 1.165) is 0 Å². The van der Waals surface area contributed by atoms with Crippen LogP contribution in [0.1, 0.15) is 23.0 Å². The van der Waals surface area contributed by atoms with Gasteiger partial charge >= 0.3 is 0 Å². The van der Waals surface area contributed by atoms with Crippen molar-refractivity contribution in [3.63, 3.8) is 0 Å². The number of sulfonamides is 1. The van der Waals surface area contributed by atoms with E-state index in [0.29, 0.717) is 21.5 Å². The van der Waals surface area contributed by atoms with E-state index >= 15 is 0 Å². The zero-order valence-electron chi connectivity index (χ0n) is 10.6. The predicted molar refractivity (Wildman–Crippen MR) is 83.9 cm³/mol. The minimum atomic E-state index is -3.70. The Kier molecular flexibility index (Phi) is 4.62. The molecule has 1 aromatic carbocycles. The molecule has 0 fully saturated rings. The first-order chi connectivity index (χ1) is 9.44. The maximum atomic E-state index is 12.3. The number of carbonyl (C=O) groups is 1. The van der Waals surface area contributed by atoms with Crippen LogP contribution in [0.3, 0.4) is 0 Å². The molecule has 0 saturated heterocycles. The summed E-state index contributed by atoms with van der Waals surface area (Å²) in [4.78, 5) is 12.3. The third kappa shape index (κ3) is 3.28. The number of carbonyl (C=O) groups excluding carboxylic acids is 1. The van der Waals surface area contributed by atoms with E-state index in [1.807, 2.05) is 0 Å². The van der Waals surface area contributed by atoms with Gasteiger partial charge in [-0.2, -0.15) is 0 Å². The predicted octanol–water partition coefficient (Wildman–Crippen LogP) is 3.90. The van der Waals surface area contributed by atoms with Crippen LogP contribution in [-0.2, 0) is 10.0 Å². The summed E-state index contributed by atoms with van der Waals surface area (Å²) in [6.07, 6.45) is 0.339. The highest BCUT2D eigenvalue weighted by Crippen LogP contribution is 2.27. The van der Waals surface area contributed by atoms with Crippen molar-refractivity contribution in [1.82, 2.24) is 0 Å². The highest BCUT2D eigenvalue weighted by atomic mass is 79.9. The van der Waals surface area contributed by atoms with Crippen molar-refractivity contribution in [3.8, 4) is 0 Å². The zero-order chi connectivity index (χ0) is 14.8. The SMILES string of the molecule is CCC(=O)c1sccc1NS(=O)(=O)c1cccc(Br)c1. The summed E-state index contributed by atoms with van der Waals surface area (Å²) in [7, 11) is -3.70. The fourth-order valence-electron chi connectivity index (χ4n) is 1.60. The molecule has 0 radical (unpaired) electrons. The second-order valence-electron chi connectivity index (χ2n) is 4.00. The number of thiophene rings is 1. The maximum Gasteiger partial charge on any atom is 0.261 e. The standard InChI is InChI=1S/C13H12BrNO3S2/c1-2-12(16)13-11(6-7-19-13)15-20(17,18)10-5-3-4-9(14)8-10/h3-8,15H,2H2,1H3. The summed E-state index contributed by atoms with van der Waals surface area (Å²) in [6.45, 7) is 1.74. The van der Waals surface area contributed by atoms with Crippen molar-refractivity contribution in [2.45, 2.75) is 18.2 Å². The average molecular weight is 374 g/mol. The van der Waals surface area contributed by atoms with Gasteiger partial charge in [0.1, 0.15) is 0 Å². The zero-order valence-corrected chi connectivity index (χ0v) is 13.8. The molecule has 2 rings (SSSR count). The average Bonchev–Trinajstić information content (AvgIpc) is 2.85. The molecule has 4 nitrogen and oxygen atoms in total. The maximum absolute atomic E-state index is 12.3. The fraction of sp³-hybridized carbons (Fsp3) is 0.154. The summed E-state index contributed by atoms with van der Waals surface area (Å²) in [5, 5.41) is 1.70. The molecule has 0 aliphatic rings. The van der Waals surface area contributed by atoms with Gasteiger partial charge in [-0.05, 0) is 29.6 Å². The van der Waals surface area contributed by atoms with Gasteiger partial charge in [-0.1, -0.05) is 28.9 Å². The summed E-state index contributed by atoms with van der Waals surface area (Å²) in [5.74, 6) is -0.0769. The number of benzene rings is 1. The molecule has 0 aliphatic carbocycles. The summed E-state index contributed by atoms with van der Waals surface area (Å²) < 4.78 is 27.7. The van der Waals surface area contributed by atoms with Gasteiger partial charge in [-0.3, -0.25) is 9.52 Å². The van der Waals surface area contributed by atoms with Crippen molar-refractivity contribution in [1.29, 1.82) is 0 Å². The van der Waals surface area contributed by atoms with E-state index in [-0.39, 0.29) is 10.7 Å². The third-order valence-corrected chi connectivity index (χ3v) is 5.40. The number of anilines is 1. The smallest absolute Gasteiger partial charge is 0.261 e. The van der Waals surface area contributed by atoms with Gasteiger partial charge in [0, 0.05) is 10.9 Å². The Labute approximate surface area is 130 Å². The van der Waals surface area contributed by atoms with Gasteiger partial charge < -0.3 is 0 Å². The molecule has 0 unspecified atom stereocenters. The second kappa shape index (κ2) is 6.07. The topological polar surface area (TPSA) is 63.2 Å². The molecule has 1 N–H and O–H groups in total. The highest BCUT2D eigenvalue weighted by molar-refractivity contribution is 9.10. The summed E-state index contributed by atoms with van der Waals surface area (Å²) in [6, 6.07) is 8.00. The van der Waals surface area contributed by atoms with Crippen molar-refractivity contribution in [3.05, 3.63) is 45.1 Å². The van der Waals surface area contributed by atoms with Crippen LogP contribution in [0.5, 0.6) is 0 Å². The van der Waals surface area contributed by atoms with Gasteiger partial charge in [0.15, 0.2) is 5.78 Å². The monoisotopic (exact) mass is 373 g/mol. The molecule has 0 saturated carbocycles. The first-order valence-electron chi connectivity index (χ1n) is 5.83. The molecule has 106 valence electrons. The largest absolute Gasteiger partial charge is 0.293 e. The molecule has 0 amide bonds. The Morgan fingerprint density at radius 2 is 2.10 bits per heavy atom. The molecule has 20 heavy (non-hydrogen) atoms. The lowest BCUT2D eigenvalue weighted by atomic mass is 10.2. The molecule has 0 aliphatic heterocycles. The first kappa shape index (κ1) is 15.2. The third-order valence-electron chi connectivity index (χ3n) is 2.59. The molecule has 1 aromatic heterocycles. The molecule has 2 aromatic rings. The van der Waals surface area contributed by atoms with Gasteiger partial charge in [0.05, 0.1) is 15.5 Å². The molecule has 0 bridgehead atoms. The van der Waals surface area contributed by atoms with Crippen LogP contribution in [0.15, 0.2) is 45.1 Å². The minimum Gasteiger partial charge on any atom is -0.293 e. The summed E-state index contributed by atoms with van der Waals surface area (Å²) >= 11 is 4.47. The van der Waals surface area contributed by atoms with Crippen LogP contribution in [0.4, 0.5) is 5.69 Å². The Balaban J connectivity index is 2.34.